The Labute approximate surface area is 108 Å². The van der Waals surface area contributed by atoms with Crippen molar-refractivity contribution in [1.82, 2.24) is 5.32 Å². The summed E-state index contributed by atoms with van der Waals surface area (Å²) in [7, 11) is 0. The molecule has 1 aliphatic rings. The molecular weight excluding hydrogens is 228 g/mol. The molecule has 1 heterocycles. The predicted octanol–water partition coefficient (Wildman–Crippen LogP) is 1.15. The van der Waals surface area contributed by atoms with E-state index in [2.05, 4.69) is 5.32 Å². The zero-order chi connectivity index (χ0) is 12.8. The Kier molecular flexibility index (Phi) is 4.73. The third-order valence-corrected chi connectivity index (χ3v) is 3.30. The molecule has 2 N–H and O–H groups in total. The lowest BCUT2D eigenvalue weighted by Gasteiger charge is -2.34. The highest BCUT2D eigenvalue weighted by Gasteiger charge is 2.25. The average Bonchev–Trinajstić information content (AvgIpc) is 2.42. The first kappa shape index (κ1) is 13.1. The number of carbonyl (C=O) groups excluding carboxylic acids is 1. The monoisotopic (exact) mass is 248 g/mol. The number of piperidine rings is 1. The Morgan fingerprint density at radius 1 is 1.28 bits per heavy atom. The average molecular weight is 248 g/mol. The predicted molar refractivity (Wildman–Crippen MR) is 71.5 cm³/mol. The number of carbonyl (C=O) groups is 1. The van der Waals surface area contributed by atoms with Gasteiger partial charge in [0.15, 0.2) is 0 Å². The summed E-state index contributed by atoms with van der Waals surface area (Å²) in [6, 6.07) is 9.98. The molecule has 18 heavy (non-hydrogen) atoms. The molecule has 4 heteroatoms. The molecule has 4 nitrogen and oxygen atoms in total. The van der Waals surface area contributed by atoms with Crippen LogP contribution in [0.3, 0.4) is 0 Å². The van der Waals surface area contributed by atoms with Gasteiger partial charge in [-0.3, -0.25) is 4.79 Å². The summed E-state index contributed by atoms with van der Waals surface area (Å²) in [6.45, 7) is 1.80. The van der Waals surface area contributed by atoms with Crippen molar-refractivity contribution < 1.29 is 9.90 Å². The van der Waals surface area contributed by atoms with Gasteiger partial charge in [0.1, 0.15) is 0 Å². The second-order valence-corrected chi connectivity index (χ2v) is 4.55. The highest BCUT2D eigenvalue weighted by atomic mass is 16.3. The van der Waals surface area contributed by atoms with E-state index in [1.54, 1.807) is 0 Å². The van der Waals surface area contributed by atoms with E-state index in [-0.39, 0.29) is 25.0 Å². The van der Waals surface area contributed by atoms with Crippen LogP contribution < -0.4 is 10.2 Å². The molecule has 2 rings (SSSR count). The summed E-state index contributed by atoms with van der Waals surface area (Å²) < 4.78 is 0. The summed E-state index contributed by atoms with van der Waals surface area (Å²) in [5, 5.41) is 12.3. The number of nitrogens with one attached hydrogen (secondary N) is 1. The van der Waals surface area contributed by atoms with Crippen LogP contribution in [0.5, 0.6) is 0 Å². The number of hydrogen-bond donors (Lipinski definition) is 2. The third kappa shape index (κ3) is 3.09. The third-order valence-electron chi connectivity index (χ3n) is 3.30. The molecule has 1 saturated heterocycles. The van der Waals surface area contributed by atoms with E-state index in [4.69, 9.17) is 5.11 Å². The van der Waals surface area contributed by atoms with Crippen LogP contribution in [-0.2, 0) is 4.79 Å². The van der Waals surface area contributed by atoms with Crippen LogP contribution in [0.15, 0.2) is 30.3 Å². The molecule has 1 aromatic rings. The van der Waals surface area contributed by atoms with Crippen molar-refractivity contribution in [3.63, 3.8) is 0 Å². The van der Waals surface area contributed by atoms with E-state index in [1.165, 1.54) is 0 Å². The Balaban J connectivity index is 2.19. The Bertz CT molecular complexity index is 375. The van der Waals surface area contributed by atoms with Crippen LogP contribution in [0.25, 0.3) is 0 Å². The summed E-state index contributed by atoms with van der Waals surface area (Å²) in [5.74, 6) is 0.00981. The van der Waals surface area contributed by atoms with Crippen LogP contribution >= 0.6 is 0 Å². The van der Waals surface area contributed by atoms with Crippen molar-refractivity contribution in [2.24, 2.45) is 0 Å². The molecule has 98 valence electrons. The number of amides is 1. The SMILES string of the molecule is O=C(CCO)N(c1ccccc1)C1CCNCC1. The van der Waals surface area contributed by atoms with E-state index in [0.717, 1.165) is 31.6 Å². The topological polar surface area (TPSA) is 52.6 Å². The largest absolute Gasteiger partial charge is 0.396 e. The number of rotatable bonds is 4. The number of para-hydroxylation sites is 1. The van der Waals surface area contributed by atoms with Crippen molar-refractivity contribution >= 4 is 11.6 Å². The summed E-state index contributed by atoms with van der Waals surface area (Å²) in [4.78, 5) is 14.0. The van der Waals surface area contributed by atoms with Gasteiger partial charge in [-0.1, -0.05) is 18.2 Å². The van der Waals surface area contributed by atoms with Gasteiger partial charge in [-0.05, 0) is 38.1 Å². The van der Waals surface area contributed by atoms with Gasteiger partial charge in [0.05, 0.1) is 13.0 Å². The lowest BCUT2D eigenvalue weighted by atomic mass is 10.0. The minimum atomic E-state index is -0.0901. The van der Waals surface area contributed by atoms with E-state index in [9.17, 15) is 4.79 Å². The van der Waals surface area contributed by atoms with E-state index in [1.807, 2.05) is 35.2 Å². The first-order valence-electron chi connectivity index (χ1n) is 6.51. The summed E-state index contributed by atoms with van der Waals surface area (Å²) in [5.41, 5.74) is 0.933. The van der Waals surface area contributed by atoms with Gasteiger partial charge in [-0.2, -0.15) is 0 Å². The van der Waals surface area contributed by atoms with Gasteiger partial charge >= 0.3 is 0 Å². The van der Waals surface area contributed by atoms with Crippen LogP contribution in [0.4, 0.5) is 5.69 Å². The molecule has 0 saturated carbocycles. The van der Waals surface area contributed by atoms with Crippen molar-refractivity contribution in [3.05, 3.63) is 30.3 Å². The number of aliphatic hydroxyl groups excluding tert-OH is 1. The number of hydrogen-bond acceptors (Lipinski definition) is 3. The van der Waals surface area contributed by atoms with Crippen LogP contribution in [0.2, 0.25) is 0 Å². The van der Waals surface area contributed by atoms with Crippen molar-refractivity contribution in [3.8, 4) is 0 Å². The van der Waals surface area contributed by atoms with Gasteiger partial charge in [-0.15, -0.1) is 0 Å². The quantitative estimate of drug-likeness (QED) is 0.840. The van der Waals surface area contributed by atoms with Crippen molar-refractivity contribution in [1.29, 1.82) is 0 Å². The van der Waals surface area contributed by atoms with E-state index < -0.39 is 0 Å². The Hall–Kier alpha value is -1.39. The molecule has 0 atom stereocenters. The maximum Gasteiger partial charge on any atom is 0.229 e. The van der Waals surface area contributed by atoms with Gasteiger partial charge in [0.25, 0.3) is 0 Å². The zero-order valence-corrected chi connectivity index (χ0v) is 10.5. The van der Waals surface area contributed by atoms with Gasteiger partial charge < -0.3 is 15.3 Å². The van der Waals surface area contributed by atoms with Gasteiger partial charge in [0, 0.05) is 11.7 Å². The first-order chi connectivity index (χ1) is 8.83. The van der Waals surface area contributed by atoms with Crippen LogP contribution in [0.1, 0.15) is 19.3 Å². The standard InChI is InChI=1S/C14H20N2O2/c17-11-8-14(18)16(12-4-2-1-3-5-12)13-6-9-15-10-7-13/h1-5,13,15,17H,6-11H2. The lowest BCUT2D eigenvalue weighted by Crippen LogP contribution is -2.46. The molecule has 1 aliphatic heterocycles. The minimum Gasteiger partial charge on any atom is -0.396 e. The molecule has 1 amide bonds. The molecule has 1 fully saturated rings. The minimum absolute atomic E-state index is 0.00981. The Morgan fingerprint density at radius 2 is 1.94 bits per heavy atom. The normalized spacial score (nSPS) is 16.5. The van der Waals surface area contributed by atoms with Crippen molar-refractivity contribution in [2.75, 3.05) is 24.6 Å². The second-order valence-electron chi connectivity index (χ2n) is 4.55. The number of nitrogens with zero attached hydrogens (tertiary/aromatic N) is 1. The van der Waals surface area contributed by atoms with E-state index >= 15 is 0 Å². The lowest BCUT2D eigenvalue weighted by molar-refractivity contribution is -0.119. The molecule has 0 aliphatic carbocycles. The fraction of sp³-hybridized carbons (Fsp3) is 0.500. The van der Waals surface area contributed by atoms with Crippen LogP contribution in [0, 0.1) is 0 Å². The molecular formula is C14H20N2O2. The fourth-order valence-corrected chi connectivity index (χ4v) is 2.43. The molecule has 0 unspecified atom stereocenters. The first-order valence-corrected chi connectivity index (χ1v) is 6.51. The molecule has 0 bridgehead atoms. The van der Waals surface area contributed by atoms with Crippen molar-refractivity contribution in [2.45, 2.75) is 25.3 Å². The zero-order valence-electron chi connectivity index (χ0n) is 10.5. The smallest absolute Gasteiger partial charge is 0.229 e. The summed E-state index contributed by atoms with van der Waals surface area (Å²) >= 11 is 0. The maximum atomic E-state index is 12.2. The maximum absolute atomic E-state index is 12.2. The fourth-order valence-electron chi connectivity index (χ4n) is 2.43. The highest BCUT2D eigenvalue weighted by molar-refractivity contribution is 5.94. The second kappa shape index (κ2) is 6.52. The Morgan fingerprint density at radius 3 is 2.56 bits per heavy atom. The molecule has 0 radical (unpaired) electrons. The van der Waals surface area contributed by atoms with Crippen LogP contribution in [-0.4, -0.2) is 36.8 Å². The number of benzene rings is 1. The number of aliphatic hydroxyl groups is 1. The molecule has 1 aromatic carbocycles. The van der Waals surface area contributed by atoms with E-state index in [0.29, 0.717) is 0 Å². The van der Waals surface area contributed by atoms with Gasteiger partial charge in [-0.25, -0.2) is 0 Å². The number of anilines is 1. The molecule has 0 spiro atoms. The summed E-state index contributed by atoms with van der Waals surface area (Å²) in [6.07, 6.45) is 2.12. The highest BCUT2D eigenvalue weighted by Crippen LogP contribution is 2.22. The molecule has 0 aromatic heterocycles. The van der Waals surface area contributed by atoms with Gasteiger partial charge in [0.2, 0.25) is 5.91 Å².